The van der Waals surface area contributed by atoms with Crippen LogP contribution in [0.4, 0.5) is 0 Å². The third kappa shape index (κ3) is 8.98. The Labute approximate surface area is 182 Å². The first kappa shape index (κ1) is 25.7. The van der Waals surface area contributed by atoms with E-state index >= 15 is 0 Å². The highest BCUT2D eigenvalue weighted by molar-refractivity contribution is 8.14. The summed E-state index contributed by atoms with van der Waals surface area (Å²) in [6, 6.07) is 7.02. The van der Waals surface area contributed by atoms with Gasteiger partial charge in [-0.25, -0.2) is 4.79 Å². The Morgan fingerprint density at radius 3 is 1.97 bits per heavy atom. The summed E-state index contributed by atoms with van der Waals surface area (Å²) in [6.07, 6.45) is 0.490. The molecule has 1 aromatic carbocycles. The highest BCUT2D eigenvalue weighted by Gasteiger charge is 2.31. The first-order valence-electron chi connectivity index (χ1n) is 10.1. The number of carbonyl (C=O) groups is 4. The maximum absolute atomic E-state index is 12.9. The Bertz CT molecular complexity index is 736. The van der Waals surface area contributed by atoms with Crippen molar-refractivity contribution < 1.29 is 24.3 Å². The predicted molar refractivity (Wildman–Crippen MR) is 118 cm³/mol. The number of hydrogen-bond acceptors (Lipinski definition) is 5. The summed E-state index contributed by atoms with van der Waals surface area (Å²) in [7, 11) is 0. The molecule has 30 heavy (non-hydrogen) atoms. The van der Waals surface area contributed by atoms with Crippen molar-refractivity contribution in [1.29, 1.82) is 0 Å². The Kier molecular flexibility index (Phi) is 10.6. The summed E-state index contributed by atoms with van der Waals surface area (Å²) in [5, 5.41) is 14.0. The third-order valence-electron chi connectivity index (χ3n) is 4.39. The topological polar surface area (TPSA) is 113 Å². The zero-order valence-electron chi connectivity index (χ0n) is 18.2. The van der Waals surface area contributed by atoms with E-state index in [4.69, 9.17) is 0 Å². The smallest absolute Gasteiger partial charge is 0.326 e. The average Bonchev–Trinajstić information content (AvgIpc) is 2.64. The van der Waals surface area contributed by atoms with Gasteiger partial charge < -0.3 is 15.7 Å². The van der Waals surface area contributed by atoms with E-state index in [1.807, 2.05) is 33.8 Å². The zero-order valence-corrected chi connectivity index (χ0v) is 19.0. The molecule has 1 aromatic rings. The van der Waals surface area contributed by atoms with Gasteiger partial charge >= 0.3 is 5.97 Å². The van der Waals surface area contributed by atoms with Gasteiger partial charge in [0.1, 0.15) is 12.1 Å². The van der Waals surface area contributed by atoms with Crippen LogP contribution < -0.4 is 10.6 Å². The van der Waals surface area contributed by atoms with Gasteiger partial charge in [-0.05, 0) is 23.8 Å². The third-order valence-corrected chi connectivity index (χ3v) is 5.74. The molecule has 3 atom stereocenters. The van der Waals surface area contributed by atoms with E-state index in [0.29, 0.717) is 6.42 Å². The molecule has 3 N–H and O–H groups in total. The van der Waals surface area contributed by atoms with Crippen LogP contribution in [-0.2, 0) is 25.6 Å². The van der Waals surface area contributed by atoms with Crippen molar-refractivity contribution in [2.24, 2.45) is 11.8 Å². The van der Waals surface area contributed by atoms with Crippen LogP contribution in [0.15, 0.2) is 30.3 Å². The van der Waals surface area contributed by atoms with Crippen molar-refractivity contribution in [1.82, 2.24) is 10.6 Å². The van der Waals surface area contributed by atoms with E-state index < -0.39 is 35.1 Å². The Morgan fingerprint density at radius 1 is 0.933 bits per heavy atom. The monoisotopic (exact) mass is 436 g/mol. The van der Waals surface area contributed by atoms with Gasteiger partial charge in [-0.15, -0.1) is 0 Å². The van der Waals surface area contributed by atoms with Crippen LogP contribution in [0.3, 0.4) is 0 Å². The standard InChI is InChI=1S/C22H32N2O5S/c1-13(2)11-17(23-21(27)19(14(3)4)30-15(5)25)20(26)24-18(22(28)29)12-16-9-7-6-8-10-16/h6-10,13-14,17-19H,11-12H2,1-5H3,(H,23,27)(H,24,26)(H,28,29)/t17-,18-,19?/m0/s1. The lowest BCUT2D eigenvalue weighted by Crippen LogP contribution is -2.54. The molecule has 0 saturated heterocycles. The SMILES string of the molecule is CC(=O)SC(C(=O)N[C@@H](CC(C)C)C(=O)N[C@@H](Cc1ccccc1)C(=O)O)C(C)C. The average molecular weight is 437 g/mol. The van der Waals surface area contributed by atoms with E-state index in [1.54, 1.807) is 24.3 Å². The number of nitrogens with one attached hydrogen (secondary N) is 2. The molecule has 0 aliphatic carbocycles. The summed E-state index contributed by atoms with van der Waals surface area (Å²) in [6.45, 7) is 8.88. The Hall–Kier alpha value is -2.35. The van der Waals surface area contributed by atoms with E-state index in [1.165, 1.54) is 6.92 Å². The predicted octanol–water partition coefficient (Wildman–Crippen LogP) is 2.63. The fraction of sp³-hybridized carbons (Fsp3) is 0.545. The number of rotatable bonds is 11. The van der Waals surface area contributed by atoms with Gasteiger partial charge in [-0.3, -0.25) is 14.4 Å². The molecule has 7 nitrogen and oxygen atoms in total. The van der Waals surface area contributed by atoms with Crippen LogP contribution in [0.2, 0.25) is 0 Å². The minimum atomic E-state index is -1.14. The first-order valence-corrected chi connectivity index (χ1v) is 10.9. The molecule has 166 valence electrons. The fourth-order valence-corrected chi connectivity index (χ4v) is 3.75. The van der Waals surface area contributed by atoms with E-state index in [2.05, 4.69) is 10.6 Å². The molecule has 2 amide bonds. The van der Waals surface area contributed by atoms with Crippen LogP contribution in [-0.4, -0.2) is 45.3 Å². The number of carbonyl (C=O) groups excluding carboxylic acids is 3. The maximum atomic E-state index is 12.9. The summed E-state index contributed by atoms with van der Waals surface area (Å²) in [5.74, 6) is -2.10. The summed E-state index contributed by atoms with van der Waals surface area (Å²) in [4.78, 5) is 48.8. The van der Waals surface area contributed by atoms with Crippen LogP contribution in [0.5, 0.6) is 0 Å². The van der Waals surface area contributed by atoms with E-state index in [0.717, 1.165) is 17.3 Å². The number of amides is 2. The molecule has 0 aliphatic heterocycles. The second kappa shape index (κ2) is 12.4. The molecule has 8 heteroatoms. The molecular formula is C22H32N2O5S. The second-order valence-electron chi connectivity index (χ2n) is 8.05. The van der Waals surface area contributed by atoms with Gasteiger partial charge in [0.15, 0.2) is 5.12 Å². The summed E-state index contributed by atoms with van der Waals surface area (Å²) < 4.78 is 0. The minimum Gasteiger partial charge on any atom is -0.480 e. The maximum Gasteiger partial charge on any atom is 0.326 e. The van der Waals surface area contributed by atoms with Crippen LogP contribution in [0.1, 0.15) is 46.6 Å². The van der Waals surface area contributed by atoms with Gasteiger partial charge in [0.2, 0.25) is 11.8 Å². The minimum absolute atomic E-state index is 0.0939. The van der Waals surface area contributed by atoms with Gasteiger partial charge in [0.05, 0.1) is 5.25 Å². The molecule has 0 fully saturated rings. The number of hydrogen-bond donors (Lipinski definition) is 3. The normalized spacial score (nSPS) is 14.1. The second-order valence-corrected chi connectivity index (χ2v) is 9.37. The van der Waals surface area contributed by atoms with E-state index in [9.17, 15) is 24.3 Å². The van der Waals surface area contributed by atoms with Gasteiger partial charge in [-0.2, -0.15) is 0 Å². The molecule has 0 radical (unpaired) electrons. The number of aliphatic carboxylic acids is 1. The molecule has 0 heterocycles. The summed E-state index contributed by atoms with van der Waals surface area (Å²) >= 11 is 0.932. The van der Waals surface area contributed by atoms with Crippen LogP contribution >= 0.6 is 11.8 Å². The van der Waals surface area contributed by atoms with Crippen molar-refractivity contribution >= 4 is 34.7 Å². The van der Waals surface area contributed by atoms with Crippen molar-refractivity contribution in [2.45, 2.75) is 64.8 Å². The van der Waals surface area contributed by atoms with Gasteiger partial charge in [0, 0.05) is 13.3 Å². The fourth-order valence-electron chi connectivity index (χ4n) is 2.95. The first-order chi connectivity index (χ1) is 14.0. The van der Waals surface area contributed by atoms with E-state index in [-0.39, 0.29) is 23.4 Å². The number of carboxylic acid groups (broad SMARTS) is 1. The molecular weight excluding hydrogens is 404 g/mol. The Balaban J connectivity index is 2.94. The number of carboxylic acids is 1. The molecule has 0 aromatic heterocycles. The van der Waals surface area contributed by atoms with Crippen molar-refractivity contribution in [3.8, 4) is 0 Å². The van der Waals surface area contributed by atoms with Gasteiger partial charge in [0.25, 0.3) is 0 Å². The lowest BCUT2D eigenvalue weighted by Gasteiger charge is -2.26. The summed E-state index contributed by atoms with van der Waals surface area (Å²) in [5.41, 5.74) is 0.785. The quantitative estimate of drug-likeness (QED) is 0.492. The Morgan fingerprint density at radius 2 is 1.50 bits per heavy atom. The highest BCUT2D eigenvalue weighted by atomic mass is 32.2. The molecule has 0 bridgehead atoms. The van der Waals surface area contributed by atoms with Crippen LogP contribution in [0.25, 0.3) is 0 Å². The van der Waals surface area contributed by atoms with Gasteiger partial charge in [-0.1, -0.05) is 69.8 Å². The highest BCUT2D eigenvalue weighted by Crippen LogP contribution is 2.21. The molecule has 1 rings (SSSR count). The zero-order chi connectivity index (χ0) is 22.8. The van der Waals surface area contributed by atoms with Crippen molar-refractivity contribution in [3.05, 3.63) is 35.9 Å². The lowest BCUT2D eigenvalue weighted by atomic mass is 10.0. The molecule has 0 spiro atoms. The molecule has 1 unspecified atom stereocenters. The number of benzene rings is 1. The van der Waals surface area contributed by atoms with Crippen molar-refractivity contribution in [2.75, 3.05) is 0 Å². The number of thioether (sulfide) groups is 1. The largest absolute Gasteiger partial charge is 0.480 e. The van der Waals surface area contributed by atoms with Crippen LogP contribution in [0, 0.1) is 11.8 Å². The lowest BCUT2D eigenvalue weighted by molar-refractivity contribution is -0.142. The molecule has 0 saturated carbocycles. The van der Waals surface area contributed by atoms with Crippen molar-refractivity contribution in [3.63, 3.8) is 0 Å². The molecule has 0 aliphatic rings.